The lowest BCUT2D eigenvalue weighted by Crippen LogP contribution is -2.29. The second-order valence-electron chi connectivity index (χ2n) is 8.17. The Morgan fingerprint density at radius 1 is 1.06 bits per heavy atom. The number of carboxylic acids is 1. The lowest BCUT2D eigenvalue weighted by atomic mass is 9.99. The lowest BCUT2D eigenvalue weighted by Gasteiger charge is -2.30. The fourth-order valence-corrected chi connectivity index (χ4v) is 5.29. The van der Waals surface area contributed by atoms with Crippen LogP contribution in [0.5, 0.6) is 0 Å². The number of aromatic carboxylic acids is 1. The summed E-state index contributed by atoms with van der Waals surface area (Å²) in [6.07, 6.45) is 4.44. The molecule has 0 amide bonds. The molecule has 1 unspecified atom stereocenters. The Hall–Kier alpha value is -2.15. The summed E-state index contributed by atoms with van der Waals surface area (Å²) in [7, 11) is 5.76. The van der Waals surface area contributed by atoms with Gasteiger partial charge in [0, 0.05) is 29.2 Å². The molecule has 0 aliphatic heterocycles. The molecule has 0 fully saturated rings. The Bertz CT molecular complexity index is 897. The van der Waals surface area contributed by atoms with Crippen LogP contribution in [-0.2, 0) is 0 Å². The number of nitrogens with one attached hydrogen (secondary N) is 1. The Balaban J connectivity index is 2.72. The zero-order valence-corrected chi connectivity index (χ0v) is 21.0. The van der Waals surface area contributed by atoms with Gasteiger partial charge in [-0.15, -0.1) is 0 Å². The van der Waals surface area contributed by atoms with E-state index < -0.39 is 5.97 Å². The summed E-state index contributed by atoms with van der Waals surface area (Å²) in [5.74, 6) is -0.885. The van der Waals surface area contributed by atoms with Crippen molar-refractivity contribution in [3.05, 3.63) is 48.0 Å². The first-order valence-electron chi connectivity index (χ1n) is 11.5. The predicted octanol–water partition coefficient (Wildman–Crippen LogP) is 5.58. The maximum atomic E-state index is 12.1. The Morgan fingerprint density at radius 2 is 1.75 bits per heavy atom. The third-order valence-corrected chi connectivity index (χ3v) is 7.20. The maximum Gasteiger partial charge on any atom is 0.335 e. The molecule has 0 aliphatic carbocycles. The van der Waals surface area contributed by atoms with Crippen LogP contribution < -0.4 is 9.62 Å². The number of benzene rings is 2. The van der Waals surface area contributed by atoms with E-state index in [1.165, 1.54) is 6.42 Å². The zero-order chi connectivity index (χ0) is 23.5. The minimum absolute atomic E-state index is 0.345. The zero-order valence-electron chi connectivity index (χ0n) is 20.2. The van der Waals surface area contributed by atoms with Gasteiger partial charge in [-0.2, -0.15) is 0 Å². The number of nitrogens with zero attached hydrogens (tertiary/aromatic N) is 2. The minimum atomic E-state index is -0.885. The number of carboxylic acid groups (broad SMARTS) is 1. The van der Waals surface area contributed by atoms with Crippen molar-refractivity contribution >= 4 is 27.7 Å². The van der Waals surface area contributed by atoms with Gasteiger partial charge in [0.05, 0.1) is 5.56 Å². The first-order chi connectivity index (χ1) is 15.4. The number of anilines is 1. The van der Waals surface area contributed by atoms with Crippen LogP contribution in [0.4, 0.5) is 5.69 Å². The molecule has 176 valence electrons. The maximum absolute atomic E-state index is 12.1. The molecule has 1 atom stereocenters. The van der Waals surface area contributed by atoms with E-state index in [1.54, 1.807) is 0 Å². The minimum Gasteiger partial charge on any atom is -0.478 e. The fraction of sp³-hybridized carbons (Fsp3) is 0.462. The summed E-state index contributed by atoms with van der Waals surface area (Å²) in [5, 5.41) is 12.0. The van der Waals surface area contributed by atoms with Crippen molar-refractivity contribution < 1.29 is 9.90 Å². The highest BCUT2D eigenvalue weighted by Crippen LogP contribution is 2.42. The van der Waals surface area contributed by atoms with Crippen LogP contribution >= 0.6 is 10.7 Å². The van der Waals surface area contributed by atoms with E-state index in [1.807, 2.05) is 32.2 Å². The highest BCUT2D eigenvalue weighted by molar-refractivity contribution is 8.13. The topological polar surface area (TPSA) is 55.8 Å². The molecule has 0 bridgehead atoms. The standard InChI is InChI=1S/C26H39N3O2S/c1-6-8-12-17-29(18-13-16-28(4)5)23-19-22(26(30)31)20-24(32(7-2)27-3)25(23)21-14-10-9-11-15-21/h7,9-11,14-15,19-20,27H,6,8,12-13,16-18H2,1-5H3,(H,30,31). The number of hydrogen-bond donors (Lipinski definition) is 2. The van der Waals surface area contributed by atoms with E-state index in [-0.39, 0.29) is 10.7 Å². The first-order valence-corrected chi connectivity index (χ1v) is 12.8. The van der Waals surface area contributed by atoms with Gasteiger partial charge in [0.1, 0.15) is 0 Å². The molecule has 0 spiro atoms. The molecule has 0 radical (unpaired) electrons. The number of carbonyl (C=O) groups is 1. The van der Waals surface area contributed by atoms with Crippen molar-refractivity contribution in [2.24, 2.45) is 0 Å². The SMILES string of the molecule is C/C=S(\NC)c1cc(C(=O)O)cc(N(CCCCC)CCCN(C)C)c1-c1ccccc1. The van der Waals surface area contributed by atoms with Gasteiger partial charge < -0.3 is 14.9 Å². The van der Waals surface area contributed by atoms with Crippen molar-refractivity contribution in [1.82, 2.24) is 9.62 Å². The Labute approximate surface area is 196 Å². The summed E-state index contributed by atoms with van der Waals surface area (Å²) in [4.78, 5) is 17.7. The van der Waals surface area contributed by atoms with E-state index in [0.29, 0.717) is 5.56 Å². The molecule has 6 heteroatoms. The largest absolute Gasteiger partial charge is 0.478 e. The highest BCUT2D eigenvalue weighted by atomic mass is 32.2. The van der Waals surface area contributed by atoms with Crippen molar-refractivity contribution in [3.8, 4) is 11.1 Å². The van der Waals surface area contributed by atoms with Crippen LogP contribution in [0.3, 0.4) is 0 Å². The Kier molecular flexibility index (Phi) is 10.9. The summed E-state index contributed by atoms with van der Waals surface area (Å²) in [6, 6.07) is 14.1. The summed E-state index contributed by atoms with van der Waals surface area (Å²) >= 11 is 0. The molecule has 0 saturated heterocycles. The number of hydrogen-bond acceptors (Lipinski definition) is 4. The van der Waals surface area contributed by atoms with Crippen LogP contribution in [0, 0.1) is 0 Å². The molecule has 0 aliphatic rings. The van der Waals surface area contributed by atoms with Gasteiger partial charge in [0.15, 0.2) is 0 Å². The van der Waals surface area contributed by atoms with Gasteiger partial charge in [0.2, 0.25) is 0 Å². The van der Waals surface area contributed by atoms with Crippen molar-refractivity contribution in [3.63, 3.8) is 0 Å². The molecule has 0 aromatic heterocycles. The van der Waals surface area contributed by atoms with Gasteiger partial charge in [0.25, 0.3) is 0 Å². The molecular formula is C26H39N3O2S. The lowest BCUT2D eigenvalue weighted by molar-refractivity contribution is 0.0696. The first kappa shape index (κ1) is 26.1. The van der Waals surface area contributed by atoms with Crippen LogP contribution in [0.2, 0.25) is 0 Å². The molecule has 32 heavy (non-hydrogen) atoms. The van der Waals surface area contributed by atoms with Crippen LogP contribution in [0.25, 0.3) is 11.1 Å². The molecular weight excluding hydrogens is 418 g/mol. The van der Waals surface area contributed by atoms with E-state index in [2.05, 4.69) is 65.2 Å². The molecule has 2 aromatic carbocycles. The average molecular weight is 458 g/mol. The smallest absolute Gasteiger partial charge is 0.335 e. The highest BCUT2D eigenvalue weighted by Gasteiger charge is 2.21. The normalized spacial score (nSPS) is 12.3. The molecule has 2 aromatic rings. The summed E-state index contributed by atoms with van der Waals surface area (Å²) in [6.45, 7) is 7.06. The molecule has 5 nitrogen and oxygen atoms in total. The van der Waals surface area contributed by atoms with E-state index in [4.69, 9.17) is 0 Å². The van der Waals surface area contributed by atoms with Gasteiger partial charge >= 0.3 is 5.97 Å². The van der Waals surface area contributed by atoms with Gasteiger partial charge in [-0.25, -0.2) is 4.79 Å². The van der Waals surface area contributed by atoms with Gasteiger partial charge in [-0.1, -0.05) is 60.8 Å². The van der Waals surface area contributed by atoms with E-state index in [9.17, 15) is 9.90 Å². The molecule has 0 saturated carbocycles. The Morgan fingerprint density at radius 3 is 2.31 bits per heavy atom. The number of unbranched alkanes of at least 4 members (excludes halogenated alkanes) is 2. The predicted molar refractivity (Wildman–Crippen MR) is 140 cm³/mol. The van der Waals surface area contributed by atoms with Crippen LogP contribution in [-0.4, -0.2) is 62.1 Å². The average Bonchev–Trinajstić information content (AvgIpc) is 2.78. The van der Waals surface area contributed by atoms with Gasteiger partial charge in [-0.05, 0) is 70.5 Å². The van der Waals surface area contributed by atoms with Gasteiger partial charge in [-0.3, -0.25) is 4.72 Å². The van der Waals surface area contributed by atoms with Crippen molar-refractivity contribution in [1.29, 1.82) is 0 Å². The second kappa shape index (κ2) is 13.4. The fourth-order valence-electron chi connectivity index (χ4n) is 3.88. The molecule has 0 heterocycles. The third-order valence-electron chi connectivity index (χ3n) is 5.49. The van der Waals surface area contributed by atoms with E-state index >= 15 is 0 Å². The monoisotopic (exact) mass is 457 g/mol. The molecule has 2 rings (SSSR count). The second-order valence-corrected chi connectivity index (χ2v) is 10.2. The number of rotatable bonds is 13. The van der Waals surface area contributed by atoms with Crippen LogP contribution in [0.15, 0.2) is 47.4 Å². The van der Waals surface area contributed by atoms with Crippen molar-refractivity contribution in [2.45, 2.75) is 44.4 Å². The summed E-state index contributed by atoms with van der Waals surface area (Å²) in [5.41, 5.74) is 3.62. The molecule has 2 N–H and O–H groups in total. The third kappa shape index (κ3) is 7.19. The van der Waals surface area contributed by atoms with Crippen molar-refractivity contribution in [2.75, 3.05) is 45.7 Å². The summed E-state index contributed by atoms with van der Waals surface area (Å²) < 4.78 is 3.37. The van der Waals surface area contributed by atoms with Crippen LogP contribution in [0.1, 0.15) is 49.9 Å². The quantitative estimate of drug-likeness (QED) is 0.304. The van der Waals surface area contributed by atoms with E-state index in [0.717, 1.165) is 60.6 Å².